The molecule has 0 aliphatic carbocycles. The summed E-state index contributed by atoms with van der Waals surface area (Å²) < 4.78 is 1.97. The monoisotopic (exact) mass is 414 g/mol. The molecule has 0 spiro atoms. The number of rotatable bonds is 6. The molecule has 29 heavy (non-hydrogen) atoms. The highest BCUT2D eigenvalue weighted by Crippen LogP contribution is 2.34. The summed E-state index contributed by atoms with van der Waals surface area (Å²) in [5.41, 5.74) is 3.47. The van der Waals surface area contributed by atoms with Crippen LogP contribution in [0.1, 0.15) is 37.9 Å². The van der Waals surface area contributed by atoms with Gasteiger partial charge in [-0.2, -0.15) is 0 Å². The number of piperazine rings is 1. The van der Waals surface area contributed by atoms with Gasteiger partial charge in [-0.1, -0.05) is 32.1 Å². The Morgan fingerprint density at radius 2 is 1.90 bits per heavy atom. The van der Waals surface area contributed by atoms with Crippen molar-refractivity contribution in [3.8, 4) is 0 Å². The SMILES string of the molecule is C=CCSc1c(N2CCNCC2)nn2cc3c(nc12)CCNC3.CC/C=C\CC. The highest BCUT2D eigenvalue weighted by molar-refractivity contribution is 7.99. The molecule has 0 atom stereocenters. The zero-order valence-electron chi connectivity index (χ0n) is 17.8. The second-order valence-electron chi connectivity index (χ2n) is 7.19. The van der Waals surface area contributed by atoms with E-state index in [4.69, 9.17) is 10.1 Å². The maximum Gasteiger partial charge on any atom is 0.171 e. The maximum atomic E-state index is 4.95. The standard InChI is InChI=1S/C16H22N6S.C6H12/c1-2-9-23-14-15-19-13-3-4-18-10-12(13)11-22(15)20-16(14)21-7-5-17-6-8-21;1-3-5-6-4-2/h2,11,17-18H,1,3-10H2;5-6H,3-4H2,1-2H3/b;6-5-. The van der Waals surface area contributed by atoms with E-state index < -0.39 is 0 Å². The molecule has 7 heteroatoms. The summed E-state index contributed by atoms with van der Waals surface area (Å²) in [5, 5.41) is 11.7. The molecule has 2 aliphatic heterocycles. The van der Waals surface area contributed by atoms with Gasteiger partial charge in [-0.05, 0) is 12.8 Å². The van der Waals surface area contributed by atoms with Crippen LogP contribution in [0.5, 0.6) is 0 Å². The molecular formula is C22H34N6S. The van der Waals surface area contributed by atoms with Crippen LogP contribution in [-0.4, -0.2) is 53.1 Å². The number of allylic oxidation sites excluding steroid dienone is 2. The summed E-state index contributed by atoms with van der Waals surface area (Å²) in [6.45, 7) is 14.0. The summed E-state index contributed by atoms with van der Waals surface area (Å²) in [6.07, 6.45) is 11.8. The Hall–Kier alpha value is -1.83. The molecule has 0 radical (unpaired) electrons. The third-order valence-electron chi connectivity index (χ3n) is 4.97. The minimum atomic E-state index is 0.876. The number of fused-ring (bicyclic) bond motifs is 2. The second-order valence-corrected chi connectivity index (χ2v) is 8.22. The molecule has 0 bridgehead atoms. The predicted molar refractivity (Wildman–Crippen MR) is 124 cm³/mol. The number of hydrogen-bond donors (Lipinski definition) is 2. The van der Waals surface area contributed by atoms with Crippen molar-refractivity contribution in [1.29, 1.82) is 0 Å². The highest BCUT2D eigenvalue weighted by Gasteiger charge is 2.23. The lowest BCUT2D eigenvalue weighted by atomic mass is 10.1. The molecule has 4 heterocycles. The number of anilines is 1. The lowest BCUT2D eigenvalue weighted by Crippen LogP contribution is -2.43. The van der Waals surface area contributed by atoms with Gasteiger partial charge in [-0.3, -0.25) is 0 Å². The molecular weight excluding hydrogens is 380 g/mol. The van der Waals surface area contributed by atoms with Crippen molar-refractivity contribution >= 4 is 23.2 Å². The first-order chi connectivity index (χ1) is 14.3. The van der Waals surface area contributed by atoms with Crippen molar-refractivity contribution in [3.63, 3.8) is 0 Å². The van der Waals surface area contributed by atoms with Crippen LogP contribution in [0.15, 0.2) is 35.9 Å². The average molecular weight is 415 g/mol. The highest BCUT2D eigenvalue weighted by atomic mass is 32.2. The fourth-order valence-corrected chi connectivity index (χ4v) is 4.35. The van der Waals surface area contributed by atoms with E-state index in [9.17, 15) is 0 Å². The molecule has 0 saturated carbocycles. The first-order valence-electron chi connectivity index (χ1n) is 10.7. The van der Waals surface area contributed by atoms with Gasteiger partial charge in [0.25, 0.3) is 0 Å². The fourth-order valence-electron chi connectivity index (χ4n) is 3.49. The van der Waals surface area contributed by atoms with Crippen LogP contribution in [0.4, 0.5) is 5.82 Å². The summed E-state index contributed by atoms with van der Waals surface area (Å²) >= 11 is 1.79. The Morgan fingerprint density at radius 3 is 2.59 bits per heavy atom. The minimum Gasteiger partial charge on any atom is -0.352 e. The van der Waals surface area contributed by atoms with Crippen LogP contribution in [0, 0.1) is 0 Å². The van der Waals surface area contributed by atoms with Crippen LogP contribution in [0.25, 0.3) is 5.65 Å². The van der Waals surface area contributed by atoms with Gasteiger partial charge in [-0.25, -0.2) is 9.50 Å². The number of thioether (sulfide) groups is 1. The largest absolute Gasteiger partial charge is 0.352 e. The summed E-state index contributed by atoms with van der Waals surface area (Å²) in [5.74, 6) is 1.95. The van der Waals surface area contributed by atoms with E-state index in [1.807, 2.05) is 10.6 Å². The van der Waals surface area contributed by atoms with E-state index in [0.717, 1.165) is 62.9 Å². The molecule has 2 N–H and O–H groups in total. The van der Waals surface area contributed by atoms with E-state index >= 15 is 0 Å². The minimum absolute atomic E-state index is 0.876. The quantitative estimate of drug-likeness (QED) is 0.558. The third kappa shape index (κ3) is 5.62. The molecule has 0 aromatic carbocycles. The van der Waals surface area contributed by atoms with E-state index in [2.05, 4.69) is 54.3 Å². The topological polar surface area (TPSA) is 57.5 Å². The summed E-state index contributed by atoms with van der Waals surface area (Å²) in [7, 11) is 0. The lowest BCUT2D eigenvalue weighted by Gasteiger charge is -2.27. The van der Waals surface area contributed by atoms with Gasteiger partial charge in [0.1, 0.15) is 0 Å². The number of aromatic nitrogens is 3. The van der Waals surface area contributed by atoms with Crippen molar-refractivity contribution in [2.75, 3.05) is 43.4 Å². The second kappa shape index (κ2) is 11.4. The Labute approximate surface area is 178 Å². The van der Waals surface area contributed by atoms with Gasteiger partial charge in [0.05, 0.1) is 10.6 Å². The van der Waals surface area contributed by atoms with Gasteiger partial charge in [0.2, 0.25) is 0 Å². The van der Waals surface area contributed by atoms with Gasteiger partial charge in [0, 0.05) is 63.2 Å². The number of nitrogens with zero attached hydrogens (tertiary/aromatic N) is 4. The van der Waals surface area contributed by atoms with Crippen molar-refractivity contribution in [2.24, 2.45) is 0 Å². The Bertz CT molecular complexity index is 816. The van der Waals surface area contributed by atoms with Crippen LogP contribution in [0.2, 0.25) is 0 Å². The van der Waals surface area contributed by atoms with Crippen molar-refractivity contribution in [2.45, 2.75) is 44.6 Å². The normalized spacial score (nSPS) is 16.6. The van der Waals surface area contributed by atoms with Crippen molar-refractivity contribution in [3.05, 3.63) is 42.3 Å². The molecule has 2 aromatic heterocycles. The molecule has 1 saturated heterocycles. The molecule has 2 aromatic rings. The third-order valence-corrected chi connectivity index (χ3v) is 6.03. The molecule has 4 rings (SSSR count). The molecule has 0 amide bonds. The zero-order valence-corrected chi connectivity index (χ0v) is 18.6. The van der Waals surface area contributed by atoms with Crippen LogP contribution < -0.4 is 15.5 Å². The lowest BCUT2D eigenvalue weighted by molar-refractivity contribution is 0.581. The van der Waals surface area contributed by atoms with E-state index in [1.165, 1.54) is 29.0 Å². The molecule has 2 aliphatic rings. The van der Waals surface area contributed by atoms with E-state index in [1.54, 1.807) is 11.8 Å². The zero-order chi connectivity index (χ0) is 20.5. The Morgan fingerprint density at radius 1 is 1.14 bits per heavy atom. The smallest absolute Gasteiger partial charge is 0.171 e. The molecule has 6 nitrogen and oxygen atoms in total. The van der Waals surface area contributed by atoms with Crippen LogP contribution in [0.3, 0.4) is 0 Å². The molecule has 1 fully saturated rings. The van der Waals surface area contributed by atoms with Gasteiger partial charge < -0.3 is 15.5 Å². The van der Waals surface area contributed by atoms with Gasteiger partial charge >= 0.3 is 0 Å². The first kappa shape index (κ1) is 21.9. The van der Waals surface area contributed by atoms with Gasteiger partial charge in [-0.15, -0.1) is 23.4 Å². The Kier molecular flexibility index (Phi) is 8.58. The molecule has 0 unspecified atom stereocenters. The Balaban J connectivity index is 0.000000353. The maximum absolute atomic E-state index is 4.95. The first-order valence-corrected chi connectivity index (χ1v) is 11.7. The van der Waals surface area contributed by atoms with Crippen LogP contribution >= 0.6 is 11.8 Å². The summed E-state index contributed by atoms with van der Waals surface area (Å²) in [4.78, 5) is 8.50. The predicted octanol–water partition coefficient (Wildman–Crippen LogP) is 3.43. The van der Waals surface area contributed by atoms with Gasteiger partial charge in [0.15, 0.2) is 11.5 Å². The van der Waals surface area contributed by atoms with E-state index in [0.29, 0.717) is 0 Å². The van der Waals surface area contributed by atoms with Crippen LogP contribution in [-0.2, 0) is 13.0 Å². The fraction of sp³-hybridized carbons (Fsp3) is 0.545. The molecule has 158 valence electrons. The van der Waals surface area contributed by atoms with E-state index in [-0.39, 0.29) is 0 Å². The number of hydrogen-bond acceptors (Lipinski definition) is 6. The average Bonchev–Trinajstić information content (AvgIpc) is 3.13. The van der Waals surface area contributed by atoms with Crippen molar-refractivity contribution < 1.29 is 0 Å². The summed E-state index contributed by atoms with van der Waals surface area (Å²) in [6, 6.07) is 0. The van der Waals surface area contributed by atoms with Crippen molar-refractivity contribution in [1.82, 2.24) is 25.2 Å². The number of nitrogens with one attached hydrogen (secondary N) is 2.